The lowest BCUT2D eigenvalue weighted by atomic mass is 9.83. The molecule has 0 saturated heterocycles. The van der Waals surface area contributed by atoms with E-state index in [-0.39, 0.29) is 40.2 Å². The number of carbonyl (C=O) groups is 1. The first-order chi connectivity index (χ1) is 18.5. The molecule has 2 atom stereocenters. The Morgan fingerprint density at radius 2 is 1.65 bits per heavy atom. The minimum Gasteiger partial charge on any atom is -0.318 e. The standard InChI is InChI=1S/C31H38FNO5S2/c1-8-40(37,38)19-21-9-14-24(30(35)22-10-12-23(32)13-11-22)25(15-21)27-17-33(7)29(34)16-26(27)28(20(2)3)18-39(36)31(4,5)6/h9-17,20,28H,8,18-19H2,1-7H3/t28-,39+/m0/s1. The van der Waals surface area contributed by atoms with E-state index in [1.807, 2.05) is 34.6 Å². The highest BCUT2D eigenvalue weighted by molar-refractivity contribution is 7.90. The predicted octanol–water partition coefficient (Wildman–Crippen LogP) is 5.64. The van der Waals surface area contributed by atoms with Crippen LogP contribution >= 0.6 is 0 Å². The number of hydrogen-bond donors (Lipinski definition) is 0. The fourth-order valence-electron chi connectivity index (χ4n) is 4.45. The molecule has 216 valence electrons. The Morgan fingerprint density at radius 1 is 1.02 bits per heavy atom. The number of aromatic nitrogens is 1. The molecule has 0 bridgehead atoms. The van der Waals surface area contributed by atoms with Crippen molar-refractivity contribution in [2.45, 2.75) is 58.0 Å². The smallest absolute Gasteiger partial charge is 0.250 e. The maximum atomic E-state index is 13.7. The van der Waals surface area contributed by atoms with Gasteiger partial charge in [0.1, 0.15) is 5.82 Å². The van der Waals surface area contributed by atoms with Gasteiger partial charge in [0.25, 0.3) is 5.56 Å². The Bertz CT molecular complexity index is 1580. The van der Waals surface area contributed by atoms with Gasteiger partial charge in [0.2, 0.25) is 0 Å². The molecule has 0 amide bonds. The van der Waals surface area contributed by atoms with E-state index < -0.39 is 31.2 Å². The van der Waals surface area contributed by atoms with E-state index in [0.29, 0.717) is 33.6 Å². The summed E-state index contributed by atoms with van der Waals surface area (Å²) < 4.78 is 52.8. The van der Waals surface area contributed by atoms with Crippen LogP contribution in [-0.4, -0.2) is 39.2 Å². The van der Waals surface area contributed by atoms with Gasteiger partial charge in [-0.3, -0.25) is 13.8 Å². The summed E-state index contributed by atoms with van der Waals surface area (Å²) in [5.74, 6) is -1.02. The molecule has 1 aromatic heterocycles. The Balaban J connectivity index is 2.34. The van der Waals surface area contributed by atoms with Crippen molar-refractivity contribution in [2.75, 3.05) is 11.5 Å². The van der Waals surface area contributed by atoms with Crippen molar-refractivity contribution in [1.82, 2.24) is 4.57 Å². The molecule has 3 aromatic rings. The van der Waals surface area contributed by atoms with Gasteiger partial charge in [0.05, 0.1) is 5.75 Å². The van der Waals surface area contributed by atoms with Gasteiger partial charge in [0, 0.05) is 63.1 Å². The zero-order valence-corrected chi connectivity index (χ0v) is 25.8. The second kappa shape index (κ2) is 12.3. The molecule has 0 saturated carbocycles. The first-order valence-electron chi connectivity index (χ1n) is 13.3. The average molecular weight is 588 g/mol. The van der Waals surface area contributed by atoms with Crippen molar-refractivity contribution in [1.29, 1.82) is 0 Å². The number of pyridine rings is 1. The number of ketones is 1. The molecule has 0 spiro atoms. The van der Waals surface area contributed by atoms with Crippen molar-refractivity contribution in [2.24, 2.45) is 13.0 Å². The average Bonchev–Trinajstić information content (AvgIpc) is 2.87. The predicted molar refractivity (Wildman–Crippen MR) is 160 cm³/mol. The van der Waals surface area contributed by atoms with Gasteiger partial charge in [-0.15, -0.1) is 0 Å². The third-order valence-corrected chi connectivity index (χ3v) is 10.7. The zero-order chi connectivity index (χ0) is 30.0. The lowest BCUT2D eigenvalue weighted by Gasteiger charge is -2.28. The first-order valence-corrected chi connectivity index (χ1v) is 16.4. The van der Waals surface area contributed by atoms with Crippen LogP contribution in [-0.2, 0) is 33.4 Å². The minimum atomic E-state index is -3.37. The molecule has 0 aliphatic carbocycles. The Labute approximate surface area is 239 Å². The Kier molecular flexibility index (Phi) is 9.73. The van der Waals surface area contributed by atoms with Gasteiger partial charge < -0.3 is 4.57 Å². The number of hydrogen-bond acceptors (Lipinski definition) is 5. The Hall–Kier alpha value is -2.91. The third-order valence-electron chi connectivity index (χ3n) is 7.03. The Morgan fingerprint density at radius 3 is 2.20 bits per heavy atom. The van der Waals surface area contributed by atoms with Crippen LogP contribution in [0.25, 0.3) is 11.1 Å². The van der Waals surface area contributed by atoms with Crippen LogP contribution in [0, 0.1) is 11.7 Å². The van der Waals surface area contributed by atoms with E-state index in [2.05, 4.69) is 0 Å². The van der Waals surface area contributed by atoms with Crippen molar-refractivity contribution < 1.29 is 21.8 Å². The largest absolute Gasteiger partial charge is 0.318 e. The summed E-state index contributed by atoms with van der Waals surface area (Å²) in [6.45, 7) is 11.3. The van der Waals surface area contributed by atoms with Crippen LogP contribution in [0.15, 0.2) is 59.5 Å². The third kappa shape index (κ3) is 7.43. The number of nitrogens with zero attached hydrogens (tertiary/aromatic N) is 1. The van der Waals surface area contributed by atoms with Gasteiger partial charge in [-0.05, 0) is 79.6 Å². The van der Waals surface area contributed by atoms with Gasteiger partial charge >= 0.3 is 0 Å². The molecule has 0 unspecified atom stereocenters. The molecule has 0 N–H and O–H groups in total. The molecule has 1 heterocycles. The van der Waals surface area contributed by atoms with Gasteiger partial charge in [-0.25, -0.2) is 12.8 Å². The van der Waals surface area contributed by atoms with Crippen molar-refractivity contribution >= 4 is 26.4 Å². The van der Waals surface area contributed by atoms with Crippen LogP contribution in [0.3, 0.4) is 0 Å². The summed E-state index contributed by atoms with van der Waals surface area (Å²) in [7, 11) is -2.98. The maximum Gasteiger partial charge on any atom is 0.250 e. The van der Waals surface area contributed by atoms with E-state index in [0.717, 1.165) is 0 Å². The first kappa shape index (κ1) is 31.6. The van der Waals surface area contributed by atoms with Crippen LogP contribution in [0.4, 0.5) is 4.39 Å². The van der Waals surface area contributed by atoms with Crippen LogP contribution < -0.4 is 5.56 Å². The molecule has 0 radical (unpaired) electrons. The highest BCUT2D eigenvalue weighted by Crippen LogP contribution is 2.37. The van der Waals surface area contributed by atoms with E-state index in [4.69, 9.17) is 0 Å². The van der Waals surface area contributed by atoms with Gasteiger partial charge in [0.15, 0.2) is 15.6 Å². The number of benzene rings is 2. The summed E-state index contributed by atoms with van der Waals surface area (Å²) in [6.07, 6.45) is 1.65. The van der Waals surface area contributed by atoms with Gasteiger partial charge in [-0.2, -0.15) is 0 Å². The van der Waals surface area contributed by atoms with E-state index in [1.165, 1.54) is 34.9 Å². The normalized spacial score (nSPS) is 13.8. The summed E-state index contributed by atoms with van der Waals surface area (Å²) in [6, 6.07) is 11.7. The molecule has 9 heteroatoms. The molecule has 6 nitrogen and oxygen atoms in total. The van der Waals surface area contributed by atoms with Crippen molar-refractivity contribution in [3.63, 3.8) is 0 Å². The number of sulfone groups is 1. The molecule has 0 fully saturated rings. The van der Waals surface area contributed by atoms with Crippen molar-refractivity contribution in [3.05, 3.63) is 93.2 Å². The zero-order valence-electron chi connectivity index (χ0n) is 24.2. The quantitative estimate of drug-likeness (QED) is 0.286. The number of halogens is 1. The SMILES string of the molecule is CCS(=O)(=O)Cc1ccc(C(=O)c2ccc(F)cc2)c(-c2cn(C)c(=O)cc2[C@@H](C[S@@](=O)C(C)(C)C)C(C)C)c1. The molecular formula is C31H38FNO5S2. The van der Waals surface area contributed by atoms with E-state index >= 15 is 0 Å². The number of carbonyl (C=O) groups excluding carboxylic acids is 1. The molecule has 40 heavy (non-hydrogen) atoms. The number of aryl methyl sites for hydroxylation is 1. The summed E-state index contributed by atoms with van der Waals surface area (Å²) in [5, 5.41) is 0. The van der Waals surface area contributed by atoms with Gasteiger partial charge in [-0.1, -0.05) is 32.9 Å². The van der Waals surface area contributed by atoms with E-state index in [9.17, 15) is 26.6 Å². The molecule has 2 aromatic carbocycles. The summed E-state index contributed by atoms with van der Waals surface area (Å²) in [5.41, 5.74) is 2.54. The second-order valence-corrected chi connectivity index (χ2v) is 16.1. The molecule has 0 aliphatic rings. The molecular weight excluding hydrogens is 549 g/mol. The van der Waals surface area contributed by atoms with Crippen LogP contribution in [0.5, 0.6) is 0 Å². The number of rotatable bonds is 10. The lowest BCUT2D eigenvalue weighted by Crippen LogP contribution is -2.29. The lowest BCUT2D eigenvalue weighted by molar-refractivity contribution is 0.103. The van der Waals surface area contributed by atoms with E-state index in [1.54, 1.807) is 38.4 Å². The fourth-order valence-corrected chi connectivity index (χ4v) is 6.73. The summed E-state index contributed by atoms with van der Waals surface area (Å²) in [4.78, 5) is 26.6. The molecule has 0 aliphatic heterocycles. The minimum absolute atomic E-state index is 0.0112. The van der Waals surface area contributed by atoms with Crippen LogP contribution in [0.2, 0.25) is 0 Å². The second-order valence-electron chi connectivity index (χ2n) is 11.5. The fraction of sp³-hybridized carbons (Fsp3) is 0.419. The highest BCUT2D eigenvalue weighted by atomic mass is 32.2. The van der Waals surface area contributed by atoms with Crippen LogP contribution in [0.1, 0.15) is 74.5 Å². The maximum absolute atomic E-state index is 13.7. The molecule has 3 rings (SSSR count). The monoisotopic (exact) mass is 587 g/mol. The topological polar surface area (TPSA) is 90.3 Å². The van der Waals surface area contributed by atoms with Crippen molar-refractivity contribution in [3.8, 4) is 11.1 Å². The summed E-state index contributed by atoms with van der Waals surface area (Å²) >= 11 is 0. The highest BCUT2D eigenvalue weighted by Gasteiger charge is 2.29.